The topological polar surface area (TPSA) is 57.4 Å². The minimum atomic E-state index is -0.208. The number of nitriles is 2. The van der Waals surface area contributed by atoms with Gasteiger partial charge in [-0.05, 0) is 93.0 Å². The fraction of sp³-hybridized carbons (Fsp3) is 0.120. The van der Waals surface area contributed by atoms with Crippen LogP contribution in [0.5, 0.6) is 0 Å². The summed E-state index contributed by atoms with van der Waals surface area (Å²) in [6.07, 6.45) is 0. The monoisotopic (exact) mass is 690 g/mol. The van der Waals surface area contributed by atoms with Crippen LogP contribution in [0.3, 0.4) is 0 Å². The van der Waals surface area contributed by atoms with Gasteiger partial charge in [-0.1, -0.05) is 113 Å². The predicted molar refractivity (Wildman–Crippen MR) is 220 cm³/mol. The first-order valence-electron chi connectivity index (χ1n) is 18.6. The van der Waals surface area contributed by atoms with Crippen molar-refractivity contribution in [3.63, 3.8) is 0 Å². The minimum absolute atomic E-state index is 0.208. The second kappa shape index (κ2) is 10.4. The molecule has 0 radical (unpaired) electrons. The van der Waals surface area contributed by atoms with E-state index < -0.39 is 0 Å². The summed E-state index contributed by atoms with van der Waals surface area (Å²) in [6.45, 7) is 9.22. The van der Waals surface area contributed by atoms with Crippen LogP contribution in [-0.2, 0) is 10.8 Å². The molecule has 0 unspecified atom stereocenters. The Morgan fingerprint density at radius 3 is 1.22 bits per heavy atom. The molecule has 9 aromatic rings. The van der Waals surface area contributed by atoms with Crippen molar-refractivity contribution in [1.29, 1.82) is 10.5 Å². The van der Waals surface area contributed by atoms with Gasteiger partial charge in [-0.25, -0.2) is 0 Å². The molecule has 0 fully saturated rings. The Morgan fingerprint density at radius 1 is 0.389 bits per heavy atom. The summed E-state index contributed by atoms with van der Waals surface area (Å²) in [5.74, 6) is 0. The fourth-order valence-electron chi connectivity index (χ4n) is 9.97. The molecule has 7 aromatic carbocycles. The number of benzene rings is 7. The normalized spacial score (nSPS) is 14.6. The van der Waals surface area contributed by atoms with Crippen LogP contribution in [0.25, 0.3) is 77.2 Å². The average Bonchev–Trinajstić information content (AvgIpc) is 3.84. The summed E-state index contributed by atoms with van der Waals surface area (Å²) in [4.78, 5) is 0. The Kier molecular flexibility index (Phi) is 5.90. The SMILES string of the molecule is CC1(C)c2ccccc2-c2cc3c4cc5c(cc4n(-c4cc(C#N)c(-n6c7ccccc7c7ccccc76)cc4C#N)c3cc21)C(C)(C)c1ccccc1-5. The van der Waals surface area contributed by atoms with Crippen LogP contribution in [0.2, 0.25) is 0 Å². The molecule has 54 heavy (non-hydrogen) atoms. The summed E-state index contributed by atoms with van der Waals surface area (Å²) in [5, 5.41) is 26.4. The number of hydrogen-bond acceptors (Lipinski definition) is 2. The smallest absolute Gasteiger partial charge is 0.101 e. The molecule has 11 rings (SSSR count). The van der Waals surface area contributed by atoms with Crippen molar-refractivity contribution in [2.75, 3.05) is 0 Å². The van der Waals surface area contributed by atoms with Gasteiger partial charge in [-0.15, -0.1) is 0 Å². The molecule has 0 aliphatic heterocycles. The standard InChI is InChI=1S/C50H34N4/c1-49(2)39-17-9-5-13-31(39)35-23-37-38-24-36-32-14-6-10-18-40(32)50(3,4)42(36)26-48(38)54(47(37)25-41(35)49)46-22-29(27-51)45(21-30(46)28-52)53-43-19-11-7-15-33(43)34-16-8-12-20-44(34)53/h5-26H,1-4H3. The van der Waals surface area contributed by atoms with Crippen molar-refractivity contribution < 1.29 is 0 Å². The first-order valence-corrected chi connectivity index (χ1v) is 18.6. The molecule has 2 aromatic heterocycles. The van der Waals surface area contributed by atoms with Crippen LogP contribution in [0.15, 0.2) is 133 Å². The van der Waals surface area contributed by atoms with Gasteiger partial charge in [0.25, 0.3) is 0 Å². The van der Waals surface area contributed by atoms with Crippen LogP contribution in [-0.4, -0.2) is 9.13 Å². The lowest BCUT2D eigenvalue weighted by atomic mass is 9.82. The minimum Gasteiger partial charge on any atom is -0.308 e. The van der Waals surface area contributed by atoms with Crippen molar-refractivity contribution >= 4 is 43.6 Å². The van der Waals surface area contributed by atoms with E-state index in [4.69, 9.17) is 0 Å². The van der Waals surface area contributed by atoms with E-state index in [1.807, 2.05) is 36.4 Å². The van der Waals surface area contributed by atoms with Crippen molar-refractivity contribution in [1.82, 2.24) is 9.13 Å². The fourth-order valence-corrected chi connectivity index (χ4v) is 9.97. The first kappa shape index (κ1) is 30.7. The molecule has 254 valence electrons. The van der Waals surface area contributed by atoms with E-state index in [9.17, 15) is 10.5 Å². The summed E-state index contributed by atoms with van der Waals surface area (Å²) in [5.41, 5.74) is 16.3. The number of para-hydroxylation sites is 2. The third kappa shape index (κ3) is 3.75. The van der Waals surface area contributed by atoms with E-state index in [1.54, 1.807) is 0 Å². The highest BCUT2D eigenvalue weighted by atomic mass is 15.0. The summed E-state index contributed by atoms with van der Waals surface area (Å²) < 4.78 is 4.40. The lowest BCUT2D eigenvalue weighted by Crippen LogP contribution is -2.15. The molecular weight excluding hydrogens is 657 g/mol. The molecule has 0 bridgehead atoms. The molecule has 0 amide bonds. The van der Waals surface area contributed by atoms with Crippen molar-refractivity contribution in [2.24, 2.45) is 0 Å². The van der Waals surface area contributed by atoms with Crippen molar-refractivity contribution in [2.45, 2.75) is 38.5 Å². The zero-order valence-corrected chi connectivity index (χ0v) is 30.5. The third-order valence-electron chi connectivity index (χ3n) is 12.6. The third-order valence-corrected chi connectivity index (χ3v) is 12.6. The molecular formula is C50H34N4. The van der Waals surface area contributed by atoms with E-state index >= 15 is 0 Å². The summed E-state index contributed by atoms with van der Waals surface area (Å²) in [6, 6.07) is 52.5. The van der Waals surface area contributed by atoms with Gasteiger partial charge in [0.15, 0.2) is 0 Å². The molecule has 4 nitrogen and oxygen atoms in total. The van der Waals surface area contributed by atoms with Gasteiger partial charge in [0.2, 0.25) is 0 Å². The van der Waals surface area contributed by atoms with E-state index in [-0.39, 0.29) is 10.8 Å². The Hall–Kier alpha value is -6.88. The molecule has 4 heteroatoms. The average molecular weight is 691 g/mol. The van der Waals surface area contributed by atoms with Gasteiger partial charge >= 0.3 is 0 Å². The van der Waals surface area contributed by atoms with E-state index in [1.165, 1.54) is 44.5 Å². The number of rotatable bonds is 2. The number of aromatic nitrogens is 2. The number of hydrogen-bond donors (Lipinski definition) is 0. The maximum Gasteiger partial charge on any atom is 0.101 e. The predicted octanol–water partition coefficient (Wildman–Crippen LogP) is 12.2. The maximum atomic E-state index is 11.0. The van der Waals surface area contributed by atoms with Gasteiger partial charge in [-0.3, -0.25) is 0 Å². The number of nitrogens with zero attached hydrogens (tertiary/aromatic N) is 4. The quantitative estimate of drug-likeness (QED) is 0.181. The van der Waals surface area contributed by atoms with Crippen LogP contribution in [0.1, 0.15) is 61.1 Å². The zero-order chi connectivity index (χ0) is 36.7. The molecule has 2 heterocycles. The molecule has 0 saturated carbocycles. The van der Waals surface area contributed by atoms with Crippen LogP contribution in [0.4, 0.5) is 0 Å². The van der Waals surface area contributed by atoms with E-state index in [0.29, 0.717) is 22.5 Å². The Balaban J connectivity index is 1.26. The summed E-state index contributed by atoms with van der Waals surface area (Å²) in [7, 11) is 0. The highest BCUT2D eigenvalue weighted by Gasteiger charge is 2.38. The Bertz CT molecular complexity index is 3070. The first-order chi connectivity index (χ1) is 26.2. The van der Waals surface area contributed by atoms with Gasteiger partial charge < -0.3 is 9.13 Å². The molecule has 0 atom stereocenters. The van der Waals surface area contributed by atoms with Crippen molar-refractivity contribution in [3.8, 4) is 45.8 Å². The van der Waals surface area contributed by atoms with Crippen molar-refractivity contribution in [3.05, 3.63) is 167 Å². The largest absolute Gasteiger partial charge is 0.308 e. The lowest BCUT2D eigenvalue weighted by molar-refractivity contribution is 0.660. The zero-order valence-electron chi connectivity index (χ0n) is 30.5. The Morgan fingerprint density at radius 2 is 0.778 bits per heavy atom. The second-order valence-corrected chi connectivity index (χ2v) is 16.0. The molecule has 0 N–H and O–H groups in total. The molecule has 0 spiro atoms. The van der Waals surface area contributed by atoms with Crippen LogP contribution in [0, 0.1) is 22.7 Å². The molecule has 2 aliphatic carbocycles. The van der Waals surface area contributed by atoms with Gasteiger partial charge in [0.1, 0.15) is 12.1 Å². The van der Waals surface area contributed by atoms with E-state index in [0.717, 1.165) is 43.6 Å². The highest BCUT2D eigenvalue weighted by molar-refractivity contribution is 6.14. The molecule has 0 saturated heterocycles. The second-order valence-electron chi connectivity index (χ2n) is 16.0. The highest BCUT2D eigenvalue weighted by Crippen LogP contribution is 2.54. The number of fused-ring (bicyclic) bond motifs is 12. The van der Waals surface area contributed by atoms with Crippen LogP contribution < -0.4 is 0 Å². The van der Waals surface area contributed by atoms with Gasteiger partial charge in [0, 0.05) is 32.4 Å². The van der Waals surface area contributed by atoms with Gasteiger partial charge in [-0.2, -0.15) is 10.5 Å². The van der Waals surface area contributed by atoms with Gasteiger partial charge in [0.05, 0.1) is 44.6 Å². The molecule has 2 aliphatic rings. The lowest BCUT2D eigenvalue weighted by Gasteiger charge is -2.22. The van der Waals surface area contributed by atoms with E-state index in [2.05, 4.69) is 146 Å². The maximum absolute atomic E-state index is 11.0. The summed E-state index contributed by atoms with van der Waals surface area (Å²) >= 11 is 0. The Labute approximate surface area is 313 Å². The van der Waals surface area contributed by atoms with Crippen LogP contribution >= 0.6 is 0 Å².